The fourth-order valence-electron chi connectivity index (χ4n) is 1.45. The van der Waals surface area contributed by atoms with Gasteiger partial charge in [-0.25, -0.2) is 0 Å². The highest BCUT2D eigenvalue weighted by molar-refractivity contribution is 5.55. The van der Waals surface area contributed by atoms with Gasteiger partial charge in [0, 0.05) is 5.56 Å². The third-order valence-corrected chi connectivity index (χ3v) is 2.27. The van der Waals surface area contributed by atoms with Gasteiger partial charge in [-0.2, -0.15) is 4.98 Å². The van der Waals surface area contributed by atoms with Crippen molar-refractivity contribution in [1.82, 2.24) is 15.0 Å². The molecule has 0 radical (unpaired) electrons. The average Bonchev–Trinajstić information content (AvgIpc) is 2.77. The van der Waals surface area contributed by atoms with Crippen molar-refractivity contribution in [2.45, 2.75) is 6.54 Å². The Morgan fingerprint density at radius 1 is 1.24 bits per heavy atom. The van der Waals surface area contributed by atoms with Crippen LogP contribution < -0.4 is 4.74 Å². The summed E-state index contributed by atoms with van der Waals surface area (Å²) in [4.78, 5) is 6.29. The molecule has 0 spiro atoms. The first-order valence-corrected chi connectivity index (χ1v) is 5.31. The van der Waals surface area contributed by atoms with E-state index in [1.165, 1.54) is 0 Å². The standard InChI is InChI=1S/C12H15N3O2/c1-15(2)8-11-13-12(14-17-11)9-4-6-10(16-3)7-5-9/h4-7H,8H2,1-3H3. The molecule has 1 aromatic heterocycles. The monoisotopic (exact) mass is 233 g/mol. The van der Waals surface area contributed by atoms with Crippen LogP contribution in [0.2, 0.25) is 0 Å². The Morgan fingerprint density at radius 2 is 1.94 bits per heavy atom. The number of methoxy groups -OCH3 is 1. The normalized spacial score (nSPS) is 10.8. The fraction of sp³-hybridized carbons (Fsp3) is 0.333. The molecular formula is C12H15N3O2. The van der Waals surface area contributed by atoms with Gasteiger partial charge < -0.3 is 14.2 Å². The molecule has 5 nitrogen and oxygen atoms in total. The van der Waals surface area contributed by atoms with Gasteiger partial charge in [0.25, 0.3) is 0 Å². The van der Waals surface area contributed by atoms with E-state index >= 15 is 0 Å². The van der Waals surface area contributed by atoms with Crippen LogP contribution in [0, 0.1) is 0 Å². The van der Waals surface area contributed by atoms with Gasteiger partial charge in [0.05, 0.1) is 13.7 Å². The van der Waals surface area contributed by atoms with Crippen LogP contribution in [0.1, 0.15) is 5.89 Å². The Balaban J connectivity index is 2.18. The summed E-state index contributed by atoms with van der Waals surface area (Å²) in [6, 6.07) is 7.56. The second kappa shape index (κ2) is 4.97. The molecule has 0 fully saturated rings. The van der Waals surface area contributed by atoms with Crippen molar-refractivity contribution in [3.8, 4) is 17.1 Å². The summed E-state index contributed by atoms with van der Waals surface area (Å²) in [6.07, 6.45) is 0. The van der Waals surface area contributed by atoms with E-state index in [-0.39, 0.29) is 0 Å². The van der Waals surface area contributed by atoms with E-state index in [1.54, 1.807) is 7.11 Å². The second-order valence-corrected chi connectivity index (χ2v) is 3.98. The molecule has 0 aliphatic heterocycles. The maximum absolute atomic E-state index is 5.15. The molecule has 17 heavy (non-hydrogen) atoms. The minimum atomic E-state index is 0.601. The zero-order valence-electron chi connectivity index (χ0n) is 10.2. The van der Waals surface area contributed by atoms with Crippen molar-refractivity contribution in [1.29, 1.82) is 0 Å². The zero-order chi connectivity index (χ0) is 12.3. The van der Waals surface area contributed by atoms with Gasteiger partial charge in [-0.15, -0.1) is 0 Å². The molecule has 1 aromatic carbocycles. The van der Waals surface area contributed by atoms with Crippen LogP contribution in [0.25, 0.3) is 11.4 Å². The summed E-state index contributed by atoms with van der Waals surface area (Å²) in [7, 11) is 5.55. The van der Waals surface area contributed by atoms with E-state index in [2.05, 4.69) is 10.1 Å². The molecule has 0 saturated heterocycles. The summed E-state index contributed by atoms with van der Waals surface area (Å²) in [6.45, 7) is 0.642. The molecule has 0 unspecified atom stereocenters. The smallest absolute Gasteiger partial charge is 0.241 e. The third-order valence-electron chi connectivity index (χ3n) is 2.27. The quantitative estimate of drug-likeness (QED) is 0.806. The molecule has 1 heterocycles. The number of rotatable bonds is 4. The van der Waals surface area contributed by atoms with Gasteiger partial charge >= 0.3 is 0 Å². The third kappa shape index (κ3) is 2.82. The first kappa shape index (κ1) is 11.6. The molecule has 0 saturated carbocycles. The molecule has 90 valence electrons. The van der Waals surface area contributed by atoms with Crippen LogP contribution in [0.4, 0.5) is 0 Å². The molecule has 0 aliphatic carbocycles. The number of ether oxygens (including phenoxy) is 1. The minimum absolute atomic E-state index is 0.601. The summed E-state index contributed by atoms with van der Waals surface area (Å²) >= 11 is 0. The van der Waals surface area contributed by atoms with Gasteiger partial charge in [0.1, 0.15) is 5.75 Å². The number of nitrogens with zero attached hydrogens (tertiary/aromatic N) is 3. The predicted molar refractivity (Wildman–Crippen MR) is 63.7 cm³/mol. The topological polar surface area (TPSA) is 51.4 Å². The van der Waals surface area contributed by atoms with Crippen molar-refractivity contribution >= 4 is 0 Å². The van der Waals surface area contributed by atoms with E-state index in [0.29, 0.717) is 18.3 Å². The maximum atomic E-state index is 5.15. The lowest BCUT2D eigenvalue weighted by molar-refractivity contribution is 0.303. The van der Waals surface area contributed by atoms with Gasteiger partial charge in [0.2, 0.25) is 11.7 Å². The van der Waals surface area contributed by atoms with Crippen molar-refractivity contribution in [2.75, 3.05) is 21.2 Å². The molecule has 0 bridgehead atoms. The van der Waals surface area contributed by atoms with Crippen LogP contribution in [0.5, 0.6) is 5.75 Å². The van der Waals surface area contributed by atoms with Crippen LogP contribution in [0.3, 0.4) is 0 Å². The second-order valence-electron chi connectivity index (χ2n) is 3.98. The highest BCUT2D eigenvalue weighted by Gasteiger charge is 2.09. The minimum Gasteiger partial charge on any atom is -0.497 e. The lowest BCUT2D eigenvalue weighted by Gasteiger charge is -2.03. The fourth-order valence-corrected chi connectivity index (χ4v) is 1.45. The molecule has 5 heteroatoms. The number of benzene rings is 1. The van der Waals surface area contributed by atoms with E-state index in [1.807, 2.05) is 43.3 Å². The van der Waals surface area contributed by atoms with Gasteiger partial charge in [-0.1, -0.05) is 5.16 Å². The number of hydrogen-bond acceptors (Lipinski definition) is 5. The average molecular weight is 233 g/mol. The van der Waals surface area contributed by atoms with Gasteiger partial charge in [-0.05, 0) is 38.4 Å². The first-order chi connectivity index (χ1) is 8.19. The molecule has 0 atom stereocenters. The molecule has 0 amide bonds. The number of aromatic nitrogens is 2. The zero-order valence-corrected chi connectivity index (χ0v) is 10.2. The molecular weight excluding hydrogens is 218 g/mol. The summed E-state index contributed by atoms with van der Waals surface area (Å²) in [5.41, 5.74) is 0.916. The molecule has 2 aromatic rings. The van der Waals surface area contributed by atoms with Crippen molar-refractivity contribution < 1.29 is 9.26 Å². The van der Waals surface area contributed by atoms with Crippen LogP contribution in [-0.4, -0.2) is 36.2 Å². The predicted octanol–water partition coefficient (Wildman–Crippen LogP) is 1.81. The Hall–Kier alpha value is -1.88. The molecule has 0 N–H and O–H groups in total. The van der Waals surface area contributed by atoms with Gasteiger partial charge in [0.15, 0.2) is 0 Å². The van der Waals surface area contributed by atoms with Gasteiger partial charge in [-0.3, -0.25) is 0 Å². The molecule has 2 rings (SSSR count). The Labute approximate surface area is 100 Å². The Kier molecular flexibility index (Phi) is 3.39. The van der Waals surface area contributed by atoms with Crippen molar-refractivity contribution in [2.24, 2.45) is 0 Å². The van der Waals surface area contributed by atoms with E-state index < -0.39 is 0 Å². The van der Waals surface area contributed by atoms with Crippen LogP contribution in [-0.2, 0) is 6.54 Å². The van der Waals surface area contributed by atoms with E-state index in [4.69, 9.17) is 9.26 Å². The molecule has 0 aliphatic rings. The summed E-state index contributed by atoms with van der Waals surface area (Å²) < 4.78 is 10.2. The van der Waals surface area contributed by atoms with Crippen molar-refractivity contribution in [3.05, 3.63) is 30.2 Å². The lowest BCUT2D eigenvalue weighted by atomic mass is 10.2. The first-order valence-electron chi connectivity index (χ1n) is 5.31. The van der Waals surface area contributed by atoms with Crippen LogP contribution in [0.15, 0.2) is 28.8 Å². The van der Waals surface area contributed by atoms with Crippen LogP contribution >= 0.6 is 0 Å². The maximum Gasteiger partial charge on any atom is 0.241 e. The lowest BCUT2D eigenvalue weighted by Crippen LogP contribution is -2.10. The SMILES string of the molecule is COc1ccc(-c2noc(CN(C)C)n2)cc1. The Bertz CT molecular complexity index is 477. The Morgan fingerprint density at radius 3 is 2.53 bits per heavy atom. The largest absolute Gasteiger partial charge is 0.497 e. The number of hydrogen-bond donors (Lipinski definition) is 0. The van der Waals surface area contributed by atoms with E-state index in [0.717, 1.165) is 11.3 Å². The highest BCUT2D eigenvalue weighted by atomic mass is 16.5. The highest BCUT2D eigenvalue weighted by Crippen LogP contribution is 2.19. The van der Waals surface area contributed by atoms with E-state index in [9.17, 15) is 0 Å². The summed E-state index contributed by atoms with van der Waals surface area (Å²) in [5, 5.41) is 3.94. The summed E-state index contributed by atoms with van der Waals surface area (Å²) in [5.74, 6) is 2.02. The van der Waals surface area contributed by atoms with Crippen molar-refractivity contribution in [3.63, 3.8) is 0 Å².